The number of nitriles is 1. The maximum atomic E-state index is 14.6. The van der Waals surface area contributed by atoms with E-state index in [0.29, 0.717) is 5.56 Å². The summed E-state index contributed by atoms with van der Waals surface area (Å²) in [4.78, 5) is 4.11. The van der Waals surface area contributed by atoms with Crippen LogP contribution in [0.5, 0.6) is 0 Å². The lowest BCUT2D eigenvalue weighted by molar-refractivity contribution is -0.0966. The van der Waals surface area contributed by atoms with E-state index < -0.39 is 30.4 Å². The molecule has 0 bridgehead atoms. The Balaban J connectivity index is 1.89. The summed E-state index contributed by atoms with van der Waals surface area (Å²) in [5.41, 5.74) is 1.14. The Labute approximate surface area is 182 Å². The average Bonchev–Trinajstić information content (AvgIpc) is 3.29. The minimum Gasteiger partial charge on any atom is -0.382 e. The molecule has 166 valence electrons. The number of rotatable bonds is 5. The van der Waals surface area contributed by atoms with E-state index in [9.17, 15) is 27.9 Å². The number of fused-ring (bicyclic) bond motifs is 1. The molecule has 0 radical (unpaired) electrons. The van der Waals surface area contributed by atoms with E-state index >= 15 is 0 Å². The Hall–Kier alpha value is -3.25. The highest BCUT2D eigenvalue weighted by atomic mass is 19.3. The van der Waals surface area contributed by atoms with Gasteiger partial charge in [-0.3, -0.25) is 4.68 Å². The van der Waals surface area contributed by atoms with Crippen molar-refractivity contribution in [2.45, 2.75) is 44.4 Å². The molecule has 0 amide bonds. The lowest BCUT2D eigenvalue weighted by Gasteiger charge is -2.17. The van der Waals surface area contributed by atoms with Gasteiger partial charge in [0.15, 0.2) is 5.82 Å². The zero-order valence-corrected chi connectivity index (χ0v) is 17.4. The Bertz CT molecular complexity index is 1230. The van der Waals surface area contributed by atoms with E-state index in [1.165, 1.54) is 17.1 Å². The normalized spacial score (nSPS) is 17.8. The van der Waals surface area contributed by atoms with Gasteiger partial charge in [0.1, 0.15) is 24.4 Å². The average molecular weight is 444 g/mol. The van der Waals surface area contributed by atoms with E-state index in [-0.39, 0.29) is 52.0 Å². The quantitative estimate of drug-likeness (QED) is 0.578. The van der Waals surface area contributed by atoms with Crippen LogP contribution in [0.3, 0.4) is 0 Å². The van der Waals surface area contributed by atoms with Gasteiger partial charge in [0.2, 0.25) is 0 Å². The predicted molar refractivity (Wildman–Crippen MR) is 108 cm³/mol. The van der Waals surface area contributed by atoms with Gasteiger partial charge < -0.3 is 5.11 Å². The van der Waals surface area contributed by atoms with Crippen molar-refractivity contribution in [1.82, 2.24) is 14.8 Å². The third kappa shape index (κ3) is 3.65. The first kappa shape index (κ1) is 22.0. The van der Waals surface area contributed by atoms with Gasteiger partial charge in [-0.1, -0.05) is 19.1 Å². The molecule has 0 aliphatic heterocycles. The Morgan fingerprint density at radius 3 is 2.72 bits per heavy atom. The van der Waals surface area contributed by atoms with Crippen molar-refractivity contribution in [3.8, 4) is 17.5 Å². The van der Waals surface area contributed by atoms with Crippen molar-refractivity contribution in [2.24, 2.45) is 7.05 Å². The van der Waals surface area contributed by atoms with Crippen LogP contribution >= 0.6 is 0 Å². The van der Waals surface area contributed by atoms with Crippen LogP contribution in [0.25, 0.3) is 11.4 Å². The van der Waals surface area contributed by atoms with E-state index in [1.807, 2.05) is 6.07 Å². The fraction of sp³-hybridized carbons (Fsp3) is 0.348. The van der Waals surface area contributed by atoms with Crippen molar-refractivity contribution in [3.05, 3.63) is 69.8 Å². The third-order valence-corrected chi connectivity index (χ3v) is 5.81. The van der Waals surface area contributed by atoms with Gasteiger partial charge >= 0.3 is 0 Å². The fourth-order valence-electron chi connectivity index (χ4n) is 4.24. The smallest absolute Gasteiger partial charge is 0.281 e. The summed E-state index contributed by atoms with van der Waals surface area (Å²) in [6.07, 6.45) is -2.84. The molecule has 2 unspecified atom stereocenters. The van der Waals surface area contributed by atoms with Crippen molar-refractivity contribution in [3.63, 3.8) is 0 Å². The lowest BCUT2D eigenvalue weighted by Crippen LogP contribution is -2.21. The molecule has 0 saturated carbocycles. The minimum atomic E-state index is -3.41. The maximum absolute atomic E-state index is 14.6. The van der Waals surface area contributed by atoms with Crippen molar-refractivity contribution in [1.29, 1.82) is 5.26 Å². The summed E-state index contributed by atoms with van der Waals surface area (Å²) in [6.45, 7) is 1.59. The molecule has 32 heavy (non-hydrogen) atoms. The molecule has 1 N–H and O–H groups in total. The Morgan fingerprint density at radius 1 is 1.34 bits per heavy atom. The number of hydrogen-bond acceptors (Lipinski definition) is 4. The summed E-state index contributed by atoms with van der Waals surface area (Å²) in [5, 5.41) is 24.0. The Morgan fingerprint density at radius 2 is 2.09 bits per heavy atom. The van der Waals surface area contributed by atoms with Crippen LogP contribution in [0.1, 0.15) is 59.0 Å². The molecule has 0 spiro atoms. The molecule has 9 heteroatoms. The minimum absolute atomic E-state index is 0.0214. The maximum Gasteiger partial charge on any atom is 0.281 e. The number of nitrogens with zero attached hydrogens (tertiary/aromatic N) is 4. The first-order chi connectivity index (χ1) is 15.2. The number of halogens is 4. The van der Waals surface area contributed by atoms with Crippen LogP contribution in [0.2, 0.25) is 0 Å². The SMILES string of the molecule is CCC(F)c1cc(F)cc(C#N)c1Cc1ccc(-c2ncn(C)n2)c2c1CC(F)(F)C2O. The Kier molecular flexibility index (Phi) is 5.51. The number of aliphatic hydroxyl groups is 1. The topological polar surface area (TPSA) is 74.7 Å². The molecule has 1 aliphatic carbocycles. The highest BCUT2D eigenvalue weighted by molar-refractivity contribution is 5.67. The standard InChI is InChI=1S/C23H20F4N4O/c1-3-19(25)17-8-14(24)6-13(10-28)16(17)7-12-4-5-15(22-29-11-31(2)30-22)20-18(12)9-23(26,27)21(20)32/h4-6,8,11,19,21,32H,3,7,9H2,1-2H3. The zero-order valence-electron chi connectivity index (χ0n) is 17.4. The second-order valence-electron chi connectivity index (χ2n) is 7.93. The summed E-state index contributed by atoms with van der Waals surface area (Å²) >= 11 is 0. The molecular weight excluding hydrogens is 424 g/mol. The van der Waals surface area contributed by atoms with E-state index in [4.69, 9.17) is 0 Å². The van der Waals surface area contributed by atoms with Gasteiger partial charge in [-0.15, -0.1) is 0 Å². The summed E-state index contributed by atoms with van der Waals surface area (Å²) in [7, 11) is 1.64. The molecule has 1 aliphatic rings. The van der Waals surface area contributed by atoms with Crippen LogP contribution in [-0.4, -0.2) is 25.8 Å². The van der Waals surface area contributed by atoms with Crippen LogP contribution in [0.4, 0.5) is 17.6 Å². The van der Waals surface area contributed by atoms with Crippen molar-refractivity contribution >= 4 is 0 Å². The molecule has 0 fully saturated rings. The molecule has 4 rings (SSSR count). The van der Waals surface area contributed by atoms with Gasteiger partial charge in [-0.25, -0.2) is 22.5 Å². The second-order valence-corrected chi connectivity index (χ2v) is 7.93. The summed E-state index contributed by atoms with van der Waals surface area (Å²) in [5.74, 6) is -3.94. The number of hydrogen-bond donors (Lipinski definition) is 1. The molecule has 5 nitrogen and oxygen atoms in total. The van der Waals surface area contributed by atoms with Gasteiger partial charge in [0.05, 0.1) is 11.6 Å². The van der Waals surface area contributed by atoms with E-state index in [2.05, 4.69) is 10.1 Å². The van der Waals surface area contributed by atoms with Gasteiger partial charge in [-0.05, 0) is 47.2 Å². The first-order valence-electron chi connectivity index (χ1n) is 10.1. The molecule has 2 aromatic carbocycles. The third-order valence-electron chi connectivity index (χ3n) is 5.81. The second kappa shape index (κ2) is 8.02. The van der Waals surface area contributed by atoms with Gasteiger partial charge in [0, 0.05) is 24.6 Å². The predicted octanol–water partition coefficient (Wildman–Crippen LogP) is 4.73. The summed E-state index contributed by atoms with van der Waals surface area (Å²) in [6, 6.07) is 7.06. The van der Waals surface area contributed by atoms with Gasteiger partial charge in [0.25, 0.3) is 5.92 Å². The fourth-order valence-corrected chi connectivity index (χ4v) is 4.24. The molecule has 0 saturated heterocycles. The highest BCUT2D eigenvalue weighted by Crippen LogP contribution is 2.48. The summed E-state index contributed by atoms with van der Waals surface area (Å²) < 4.78 is 59.1. The number of benzene rings is 2. The number of aryl methyl sites for hydroxylation is 1. The van der Waals surface area contributed by atoms with E-state index in [0.717, 1.165) is 12.1 Å². The van der Waals surface area contributed by atoms with Crippen molar-refractivity contribution in [2.75, 3.05) is 0 Å². The lowest BCUT2D eigenvalue weighted by atomic mass is 9.88. The van der Waals surface area contributed by atoms with Crippen LogP contribution in [-0.2, 0) is 19.9 Å². The monoisotopic (exact) mass is 444 g/mol. The molecule has 1 aromatic heterocycles. The number of aromatic nitrogens is 3. The molecule has 2 atom stereocenters. The number of aliphatic hydroxyl groups excluding tert-OH is 1. The highest BCUT2D eigenvalue weighted by Gasteiger charge is 2.49. The van der Waals surface area contributed by atoms with Crippen LogP contribution in [0.15, 0.2) is 30.6 Å². The van der Waals surface area contributed by atoms with Gasteiger partial charge in [-0.2, -0.15) is 10.4 Å². The zero-order chi connectivity index (χ0) is 23.2. The van der Waals surface area contributed by atoms with E-state index in [1.54, 1.807) is 20.0 Å². The molecule has 1 heterocycles. The first-order valence-corrected chi connectivity index (χ1v) is 10.1. The largest absolute Gasteiger partial charge is 0.382 e. The molecular formula is C23H20F4N4O. The van der Waals surface area contributed by atoms with Crippen LogP contribution < -0.4 is 0 Å². The molecule has 3 aromatic rings. The van der Waals surface area contributed by atoms with Crippen molar-refractivity contribution < 1.29 is 22.7 Å². The number of alkyl halides is 3. The van der Waals surface area contributed by atoms with Crippen LogP contribution in [0, 0.1) is 17.1 Å².